The van der Waals surface area contributed by atoms with Crippen LogP contribution in [0.5, 0.6) is 0 Å². The second-order valence-corrected chi connectivity index (χ2v) is 14.8. The van der Waals surface area contributed by atoms with E-state index in [0.29, 0.717) is 11.3 Å². The van der Waals surface area contributed by atoms with Crippen LogP contribution in [0.25, 0.3) is 45.2 Å². The Kier molecular flexibility index (Phi) is 7.64. The number of hydrogen-bond donors (Lipinski definition) is 2. The molecule has 0 atom stereocenters. The molecule has 0 bridgehead atoms. The van der Waals surface area contributed by atoms with Crippen LogP contribution in [0.1, 0.15) is 66.6 Å². The molecule has 0 unspecified atom stereocenters. The lowest BCUT2D eigenvalue weighted by Gasteiger charge is -2.26. The number of anilines is 1. The highest BCUT2D eigenvalue weighted by atomic mass is 32.2. The molecule has 5 aromatic carbocycles. The SMILES string of the molecule is CSCCNc1ccc2c(c1)C(C)(C)c1c-2ccc(-c2ccc3c(c2)C(C)(C)c2cc(/C=C(\O)c4ccc(N=O)cc4)ccc2-3)c1C. The van der Waals surface area contributed by atoms with Gasteiger partial charge in [-0.05, 0) is 134 Å². The molecule has 7 rings (SSSR count). The van der Waals surface area contributed by atoms with Crippen molar-refractivity contribution >= 4 is 35.0 Å². The molecule has 47 heavy (non-hydrogen) atoms. The first kappa shape index (κ1) is 31.0. The van der Waals surface area contributed by atoms with Crippen LogP contribution in [0.3, 0.4) is 0 Å². The summed E-state index contributed by atoms with van der Waals surface area (Å²) < 4.78 is 0. The topological polar surface area (TPSA) is 61.7 Å². The number of nitrogens with one attached hydrogen (secondary N) is 1. The Morgan fingerprint density at radius 1 is 0.766 bits per heavy atom. The van der Waals surface area contributed by atoms with Crippen LogP contribution in [0.2, 0.25) is 0 Å². The molecule has 2 N–H and O–H groups in total. The van der Waals surface area contributed by atoms with E-state index in [2.05, 4.69) is 118 Å². The van der Waals surface area contributed by atoms with Crippen molar-refractivity contribution in [3.63, 3.8) is 0 Å². The van der Waals surface area contributed by atoms with Crippen molar-refractivity contribution in [3.05, 3.63) is 135 Å². The lowest BCUT2D eigenvalue weighted by molar-refractivity contribution is 0.515. The molecule has 0 fully saturated rings. The molecule has 0 heterocycles. The Morgan fingerprint density at radius 3 is 2.11 bits per heavy atom. The van der Waals surface area contributed by atoms with Crippen LogP contribution in [-0.4, -0.2) is 23.7 Å². The predicted octanol–water partition coefficient (Wildman–Crippen LogP) is 11.5. The van der Waals surface area contributed by atoms with Gasteiger partial charge in [0.25, 0.3) is 0 Å². The van der Waals surface area contributed by atoms with Gasteiger partial charge in [0.15, 0.2) is 0 Å². The average molecular weight is 637 g/mol. The van der Waals surface area contributed by atoms with E-state index in [1.54, 1.807) is 30.3 Å². The van der Waals surface area contributed by atoms with E-state index in [1.807, 2.05) is 11.8 Å². The number of hydrogen-bond acceptors (Lipinski definition) is 5. The fourth-order valence-electron chi connectivity index (χ4n) is 7.84. The zero-order chi connectivity index (χ0) is 33.1. The van der Waals surface area contributed by atoms with Crippen molar-refractivity contribution in [1.29, 1.82) is 0 Å². The van der Waals surface area contributed by atoms with Gasteiger partial charge in [0, 0.05) is 34.4 Å². The maximum Gasteiger partial charge on any atom is 0.123 e. The Balaban J connectivity index is 1.22. The van der Waals surface area contributed by atoms with Gasteiger partial charge >= 0.3 is 0 Å². The molecule has 0 radical (unpaired) electrons. The summed E-state index contributed by atoms with van der Waals surface area (Å²) in [6, 6.07) is 31.5. The van der Waals surface area contributed by atoms with Gasteiger partial charge < -0.3 is 10.4 Å². The monoisotopic (exact) mass is 636 g/mol. The maximum atomic E-state index is 10.8. The molecule has 0 amide bonds. The van der Waals surface area contributed by atoms with Gasteiger partial charge in [-0.2, -0.15) is 11.8 Å². The fourth-order valence-corrected chi connectivity index (χ4v) is 8.15. The molecule has 0 saturated carbocycles. The van der Waals surface area contributed by atoms with Crippen LogP contribution >= 0.6 is 11.8 Å². The number of nitroso groups, excluding NO2 is 1. The van der Waals surface area contributed by atoms with Crippen LogP contribution in [-0.2, 0) is 10.8 Å². The van der Waals surface area contributed by atoms with E-state index in [4.69, 9.17) is 0 Å². The van der Waals surface area contributed by atoms with Crippen molar-refractivity contribution in [2.75, 3.05) is 23.9 Å². The molecule has 0 aromatic heterocycles. The Labute approximate surface area is 281 Å². The number of nitrogens with zero attached hydrogens (tertiary/aromatic N) is 1. The van der Waals surface area contributed by atoms with Gasteiger partial charge in [-0.3, -0.25) is 0 Å². The van der Waals surface area contributed by atoms with Gasteiger partial charge in [0.1, 0.15) is 11.4 Å². The molecule has 236 valence electrons. The summed E-state index contributed by atoms with van der Waals surface area (Å²) in [6.07, 6.45) is 3.93. The third-order valence-electron chi connectivity index (χ3n) is 10.3. The average Bonchev–Trinajstić information content (AvgIpc) is 3.44. The standard InChI is InChI=1S/C42H40N2O2S/c1-25-31(17-18-35-34-16-13-30(43-19-20-47-6)24-38(34)42(4,5)40(25)35)28-10-15-33-32-14-7-26(21-36(32)41(2,3)37(33)23-28)22-39(45)27-8-11-29(44-46)12-9-27/h7-18,21-24,43,45H,19-20H2,1-6H3/b39-22-. The highest BCUT2D eigenvalue weighted by Crippen LogP contribution is 2.54. The quantitative estimate of drug-likeness (QED) is 0.0770. The van der Waals surface area contributed by atoms with Crippen molar-refractivity contribution in [1.82, 2.24) is 0 Å². The van der Waals surface area contributed by atoms with E-state index < -0.39 is 0 Å². The molecule has 0 aliphatic heterocycles. The van der Waals surface area contributed by atoms with E-state index >= 15 is 0 Å². The number of rotatable bonds is 8. The molecule has 2 aliphatic rings. The molecular weight excluding hydrogens is 597 g/mol. The zero-order valence-corrected chi connectivity index (χ0v) is 28.7. The van der Waals surface area contributed by atoms with Gasteiger partial charge in [0.2, 0.25) is 0 Å². The third-order valence-corrected chi connectivity index (χ3v) is 10.9. The summed E-state index contributed by atoms with van der Waals surface area (Å²) in [7, 11) is 0. The van der Waals surface area contributed by atoms with Gasteiger partial charge in [-0.1, -0.05) is 76.2 Å². The minimum absolute atomic E-state index is 0.100. The van der Waals surface area contributed by atoms with Crippen molar-refractivity contribution in [2.45, 2.75) is 45.4 Å². The highest BCUT2D eigenvalue weighted by Gasteiger charge is 2.39. The molecule has 0 saturated heterocycles. The predicted molar refractivity (Wildman–Crippen MR) is 201 cm³/mol. The molecule has 5 aromatic rings. The molecule has 0 spiro atoms. The van der Waals surface area contributed by atoms with E-state index in [1.165, 1.54) is 66.9 Å². The molecule has 2 aliphatic carbocycles. The smallest absolute Gasteiger partial charge is 0.123 e. The summed E-state index contributed by atoms with van der Waals surface area (Å²) in [5.41, 5.74) is 17.2. The minimum atomic E-state index is -0.211. The summed E-state index contributed by atoms with van der Waals surface area (Å²) in [6.45, 7) is 12.6. The first-order valence-electron chi connectivity index (χ1n) is 16.2. The molecular formula is C42H40N2O2S. The number of aliphatic hydroxyl groups is 1. The fraction of sp³-hybridized carbons (Fsp3) is 0.238. The Bertz CT molecular complexity index is 2090. The van der Waals surface area contributed by atoms with Gasteiger partial charge in [-0.25, -0.2) is 0 Å². The third kappa shape index (κ3) is 5.08. The lowest BCUT2D eigenvalue weighted by Crippen LogP contribution is -2.17. The van der Waals surface area contributed by atoms with E-state index in [9.17, 15) is 10.0 Å². The largest absolute Gasteiger partial charge is 0.507 e. The van der Waals surface area contributed by atoms with Gasteiger partial charge in [0.05, 0.1) is 0 Å². The lowest BCUT2D eigenvalue weighted by atomic mass is 9.78. The molecule has 5 heteroatoms. The van der Waals surface area contributed by atoms with E-state index in [0.717, 1.165) is 17.9 Å². The maximum absolute atomic E-state index is 10.8. The van der Waals surface area contributed by atoms with Crippen LogP contribution in [0, 0.1) is 11.8 Å². The first-order chi connectivity index (χ1) is 22.5. The minimum Gasteiger partial charge on any atom is -0.507 e. The van der Waals surface area contributed by atoms with Crippen LogP contribution in [0.15, 0.2) is 96.2 Å². The number of aliphatic hydroxyl groups excluding tert-OH is 1. The number of benzene rings is 5. The Hall–Kier alpha value is -4.61. The van der Waals surface area contributed by atoms with E-state index in [-0.39, 0.29) is 16.6 Å². The van der Waals surface area contributed by atoms with Crippen LogP contribution in [0.4, 0.5) is 11.4 Å². The van der Waals surface area contributed by atoms with Gasteiger partial charge in [-0.15, -0.1) is 4.91 Å². The summed E-state index contributed by atoms with van der Waals surface area (Å²) in [4.78, 5) is 10.8. The normalized spacial score (nSPS) is 15.1. The first-order valence-corrected chi connectivity index (χ1v) is 17.6. The second kappa shape index (κ2) is 11.6. The van der Waals surface area contributed by atoms with Crippen molar-refractivity contribution in [3.8, 4) is 33.4 Å². The summed E-state index contributed by atoms with van der Waals surface area (Å²) in [5, 5.41) is 17.4. The number of thioether (sulfide) groups is 1. The Morgan fingerprint density at radius 2 is 1.38 bits per heavy atom. The van der Waals surface area contributed by atoms with Crippen molar-refractivity contribution in [2.24, 2.45) is 5.18 Å². The van der Waals surface area contributed by atoms with Crippen LogP contribution < -0.4 is 5.32 Å². The number of fused-ring (bicyclic) bond motifs is 6. The summed E-state index contributed by atoms with van der Waals surface area (Å²) in [5.74, 6) is 1.24. The van der Waals surface area contributed by atoms with Crippen molar-refractivity contribution < 1.29 is 5.11 Å². The molecule has 4 nitrogen and oxygen atoms in total. The highest BCUT2D eigenvalue weighted by molar-refractivity contribution is 7.98. The summed E-state index contributed by atoms with van der Waals surface area (Å²) >= 11 is 1.86. The zero-order valence-electron chi connectivity index (χ0n) is 27.9. The second-order valence-electron chi connectivity index (χ2n) is 13.8.